The summed E-state index contributed by atoms with van der Waals surface area (Å²) in [5.74, 6) is -0.361. The molecule has 162 valence electrons. The highest BCUT2D eigenvalue weighted by Crippen LogP contribution is 2.27. The van der Waals surface area contributed by atoms with Gasteiger partial charge in [0.15, 0.2) is 0 Å². The van der Waals surface area contributed by atoms with Gasteiger partial charge in [0.2, 0.25) is 15.9 Å². The van der Waals surface area contributed by atoms with Crippen LogP contribution in [0.4, 0.5) is 4.39 Å². The lowest BCUT2D eigenvalue weighted by Crippen LogP contribution is -2.45. The van der Waals surface area contributed by atoms with E-state index in [2.05, 4.69) is 15.9 Å². The first kappa shape index (κ1) is 22.7. The molecule has 30 heavy (non-hydrogen) atoms. The molecule has 1 saturated heterocycles. The molecule has 1 aliphatic rings. The lowest BCUT2D eigenvalue weighted by atomic mass is 9.98. The first-order chi connectivity index (χ1) is 14.2. The zero-order valence-corrected chi connectivity index (χ0v) is 19.2. The van der Waals surface area contributed by atoms with Gasteiger partial charge in [-0.3, -0.25) is 4.79 Å². The number of amides is 1. The van der Waals surface area contributed by atoms with Crippen LogP contribution in [0.3, 0.4) is 0 Å². The molecular weight excluding hydrogens is 475 g/mol. The molecule has 2 aromatic carbocycles. The number of rotatable bonds is 6. The first-order valence-corrected chi connectivity index (χ1v) is 11.8. The number of carbonyl (C=O) groups is 1. The van der Waals surface area contributed by atoms with Crippen molar-refractivity contribution in [3.05, 3.63) is 58.3 Å². The van der Waals surface area contributed by atoms with Crippen LogP contribution in [-0.2, 0) is 21.4 Å². The van der Waals surface area contributed by atoms with Gasteiger partial charge in [-0.05, 0) is 55.3 Å². The SMILES string of the molecule is COc1ccc(Br)cc1CN(C)C(=O)C1CCCN(S(=O)(=O)c2ccc(F)cc2)C1. The average Bonchev–Trinajstić information content (AvgIpc) is 2.73. The number of hydrogen-bond donors (Lipinski definition) is 0. The van der Waals surface area contributed by atoms with Gasteiger partial charge in [-0.15, -0.1) is 0 Å². The summed E-state index contributed by atoms with van der Waals surface area (Å²) in [5, 5.41) is 0. The highest BCUT2D eigenvalue weighted by atomic mass is 79.9. The fraction of sp³-hybridized carbons (Fsp3) is 0.381. The van der Waals surface area contributed by atoms with Gasteiger partial charge >= 0.3 is 0 Å². The molecule has 1 amide bonds. The molecule has 0 radical (unpaired) electrons. The van der Waals surface area contributed by atoms with Gasteiger partial charge in [-0.2, -0.15) is 4.31 Å². The molecule has 1 aliphatic heterocycles. The Balaban J connectivity index is 1.72. The van der Waals surface area contributed by atoms with Gasteiger partial charge in [0.25, 0.3) is 0 Å². The zero-order valence-electron chi connectivity index (χ0n) is 16.8. The van der Waals surface area contributed by atoms with E-state index < -0.39 is 21.8 Å². The van der Waals surface area contributed by atoms with Crippen molar-refractivity contribution in [2.45, 2.75) is 24.3 Å². The number of benzene rings is 2. The second-order valence-electron chi connectivity index (χ2n) is 7.31. The maximum Gasteiger partial charge on any atom is 0.243 e. The molecule has 0 N–H and O–H groups in total. The van der Waals surface area contributed by atoms with Crippen LogP contribution in [0.2, 0.25) is 0 Å². The van der Waals surface area contributed by atoms with Gasteiger partial charge in [-0.1, -0.05) is 15.9 Å². The van der Waals surface area contributed by atoms with Crippen molar-refractivity contribution >= 4 is 31.9 Å². The van der Waals surface area contributed by atoms with Gasteiger partial charge in [0.05, 0.1) is 17.9 Å². The molecule has 1 unspecified atom stereocenters. The van der Waals surface area contributed by atoms with Crippen LogP contribution < -0.4 is 4.74 Å². The Labute approximate surface area is 184 Å². The molecule has 2 aromatic rings. The molecule has 1 heterocycles. The van der Waals surface area contributed by atoms with Crippen LogP contribution in [-0.4, -0.2) is 50.8 Å². The molecule has 0 aromatic heterocycles. The van der Waals surface area contributed by atoms with Crippen molar-refractivity contribution in [3.63, 3.8) is 0 Å². The minimum absolute atomic E-state index is 0.0317. The maximum atomic E-state index is 13.2. The molecule has 6 nitrogen and oxygen atoms in total. The third-order valence-electron chi connectivity index (χ3n) is 5.21. The Bertz CT molecular complexity index is 1010. The Morgan fingerprint density at radius 1 is 1.27 bits per heavy atom. The number of nitrogens with zero attached hydrogens (tertiary/aromatic N) is 2. The Morgan fingerprint density at radius 2 is 1.97 bits per heavy atom. The predicted molar refractivity (Wildman–Crippen MR) is 115 cm³/mol. The third kappa shape index (κ3) is 5.01. The summed E-state index contributed by atoms with van der Waals surface area (Å²) < 4.78 is 46.5. The van der Waals surface area contributed by atoms with E-state index in [9.17, 15) is 17.6 Å². The minimum Gasteiger partial charge on any atom is -0.496 e. The molecular formula is C21H24BrFN2O4S. The molecule has 1 atom stereocenters. The summed E-state index contributed by atoms with van der Waals surface area (Å²) in [4.78, 5) is 14.7. The van der Waals surface area contributed by atoms with Crippen molar-refractivity contribution in [1.82, 2.24) is 9.21 Å². The van der Waals surface area contributed by atoms with Crippen molar-refractivity contribution in [3.8, 4) is 5.75 Å². The summed E-state index contributed by atoms with van der Waals surface area (Å²) in [6, 6.07) is 10.3. The quantitative estimate of drug-likeness (QED) is 0.609. The van der Waals surface area contributed by atoms with Crippen LogP contribution in [0.1, 0.15) is 18.4 Å². The minimum atomic E-state index is -3.78. The summed E-state index contributed by atoms with van der Waals surface area (Å²) in [6.07, 6.45) is 1.21. The predicted octanol–water partition coefficient (Wildman–Crippen LogP) is 3.66. The lowest BCUT2D eigenvalue weighted by Gasteiger charge is -2.33. The molecule has 0 saturated carbocycles. The van der Waals surface area contributed by atoms with Crippen molar-refractivity contribution in [2.24, 2.45) is 5.92 Å². The number of piperidine rings is 1. The summed E-state index contributed by atoms with van der Waals surface area (Å²) in [6.45, 7) is 0.799. The van der Waals surface area contributed by atoms with E-state index >= 15 is 0 Å². The summed E-state index contributed by atoms with van der Waals surface area (Å²) in [5.41, 5.74) is 0.856. The fourth-order valence-electron chi connectivity index (χ4n) is 3.63. The van der Waals surface area contributed by atoms with Crippen LogP contribution in [0, 0.1) is 11.7 Å². The van der Waals surface area contributed by atoms with Crippen molar-refractivity contribution in [2.75, 3.05) is 27.2 Å². The Kier molecular flexibility index (Phi) is 7.15. The van der Waals surface area contributed by atoms with Crippen LogP contribution in [0.15, 0.2) is 51.8 Å². The first-order valence-electron chi connectivity index (χ1n) is 9.55. The highest BCUT2D eigenvalue weighted by Gasteiger charge is 2.34. The number of methoxy groups -OCH3 is 1. The lowest BCUT2D eigenvalue weighted by molar-refractivity contribution is -0.135. The van der Waals surface area contributed by atoms with Gasteiger partial charge in [0, 0.05) is 36.7 Å². The van der Waals surface area contributed by atoms with E-state index in [1.165, 1.54) is 16.4 Å². The third-order valence-corrected chi connectivity index (χ3v) is 7.58. The van der Waals surface area contributed by atoms with Gasteiger partial charge in [-0.25, -0.2) is 12.8 Å². The molecule has 0 bridgehead atoms. The molecule has 0 aliphatic carbocycles. The summed E-state index contributed by atoms with van der Waals surface area (Å²) >= 11 is 3.43. The molecule has 3 rings (SSSR count). The van der Waals surface area contributed by atoms with Crippen molar-refractivity contribution in [1.29, 1.82) is 0 Å². The monoisotopic (exact) mass is 498 g/mol. The number of halogens is 2. The van der Waals surface area contributed by atoms with Crippen LogP contribution in [0.5, 0.6) is 5.75 Å². The smallest absolute Gasteiger partial charge is 0.243 e. The largest absolute Gasteiger partial charge is 0.496 e. The number of hydrogen-bond acceptors (Lipinski definition) is 4. The van der Waals surface area contributed by atoms with E-state index in [4.69, 9.17) is 4.74 Å². The average molecular weight is 499 g/mol. The Morgan fingerprint density at radius 3 is 2.63 bits per heavy atom. The normalized spacial score (nSPS) is 17.5. The van der Waals surface area contributed by atoms with Gasteiger partial charge < -0.3 is 9.64 Å². The number of sulfonamides is 1. The van der Waals surface area contributed by atoms with E-state index in [1.54, 1.807) is 19.1 Å². The number of carbonyl (C=O) groups excluding carboxylic acids is 1. The van der Waals surface area contributed by atoms with Crippen molar-refractivity contribution < 1.29 is 22.3 Å². The van der Waals surface area contributed by atoms with Crippen LogP contribution >= 0.6 is 15.9 Å². The highest BCUT2D eigenvalue weighted by molar-refractivity contribution is 9.10. The second-order valence-corrected chi connectivity index (χ2v) is 10.2. The van der Waals surface area contributed by atoms with E-state index in [-0.39, 0.29) is 17.3 Å². The second kappa shape index (κ2) is 9.45. The summed E-state index contributed by atoms with van der Waals surface area (Å²) in [7, 11) is -0.495. The van der Waals surface area contributed by atoms with E-state index in [0.29, 0.717) is 31.7 Å². The Hall–Kier alpha value is -1.97. The van der Waals surface area contributed by atoms with Gasteiger partial charge in [0.1, 0.15) is 11.6 Å². The maximum absolute atomic E-state index is 13.2. The standard InChI is InChI=1S/C21H24BrFN2O4S/c1-24(13-16-12-17(22)5-10-20(16)29-2)21(26)15-4-3-11-25(14-15)30(27,28)19-8-6-18(23)7-9-19/h5-10,12,15H,3-4,11,13-14H2,1-2H3. The zero-order chi connectivity index (χ0) is 21.9. The molecule has 1 fully saturated rings. The topological polar surface area (TPSA) is 66.9 Å². The van der Waals surface area contributed by atoms with E-state index in [0.717, 1.165) is 22.2 Å². The molecule has 0 spiro atoms. The molecule has 9 heteroatoms. The van der Waals surface area contributed by atoms with Crippen LogP contribution in [0.25, 0.3) is 0 Å². The fourth-order valence-corrected chi connectivity index (χ4v) is 5.57. The number of ether oxygens (including phenoxy) is 1. The van der Waals surface area contributed by atoms with E-state index in [1.807, 2.05) is 18.2 Å².